The molecular formula is C20H27NO2. The summed E-state index contributed by atoms with van der Waals surface area (Å²) in [4.78, 5) is 25.7. The number of Topliss-reactive ketones (excluding diaryl/α,β-unsaturated/α-hetero) is 2. The molecular weight excluding hydrogens is 286 g/mol. The predicted molar refractivity (Wildman–Crippen MR) is 89.4 cm³/mol. The van der Waals surface area contributed by atoms with E-state index in [0.29, 0.717) is 18.8 Å². The van der Waals surface area contributed by atoms with E-state index in [2.05, 4.69) is 33.0 Å². The number of rotatable bonds is 1. The summed E-state index contributed by atoms with van der Waals surface area (Å²) in [6.45, 7) is 8.68. The fourth-order valence-corrected chi connectivity index (χ4v) is 4.84. The van der Waals surface area contributed by atoms with Crippen molar-refractivity contribution in [3.63, 3.8) is 0 Å². The van der Waals surface area contributed by atoms with Crippen molar-refractivity contribution in [2.24, 2.45) is 22.7 Å². The molecule has 1 saturated carbocycles. The van der Waals surface area contributed by atoms with E-state index in [0.717, 1.165) is 48.2 Å². The van der Waals surface area contributed by atoms with Crippen molar-refractivity contribution < 1.29 is 9.59 Å². The number of allylic oxidation sites excluding steroid dienone is 4. The fraction of sp³-hybridized carbons (Fsp3) is 0.700. The van der Waals surface area contributed by atoms with E-state index >= 15 is 0 Å². The van der Waals surface area contributed by atoms with Crippen molar-refractivity contribution >= 4 is 11.6 Å². The molecule has 0 saturated heterocycles. The molecule has 3 heteroatoms. The van der Waals surface area contributed by atoms with Crippen molar-refractivity contribution in [2.75, 3.05) is 0 Å². The van der Waals surface area contributed by atoms with Gasteiger partial charge in [0.15, 0.2) is 11.6 Å². The fourth-order valence-electron chi connectivity index (χ4n) is 4.84. The second-order valence-corrected chi connectivity index (χ2v) is 9.61. The summed E-state index contributed by atoms with van der Waals surface area (Å²) in [6, 6.07) is 0. The monoisotopic (exact) mass is 313 g/mol. The van der Waals surface area contributed by atoms with Crippen LogP contribution < -0.4 is 5.32 Å². The van der Waals surface area contributed by atoms with Crippen LogP contribution in [0.2, 0.25) is 0 Å². The van der Waals surface area contributed by atoms with Crippen LogP contribution in [0, 0.1) is 22.7 Å². The molecule has 23 heavy (non-hydrogen) atoms. The first kappa shape index (κ1) is 15.2. The number of ketones is 2. The van der Waals surface area contributed by atoms with E-state index in [1.807, 2.05) is 0 Å². The molecule has 0 spiro atoms. The average Bonchev–Trinajstić information content (AvgIpc) is 3.16. The summed E-state index contributed by atoms with van der Waals surface area (Å²) in [7, 11) is 0. The van der Waals surface area contributed by atoms with Gasteiger partial charge in [-0.15, -0.1) is 0 Å². The molecule has 124 valence electrons. The molecule has 1 heterocycles. The first-order chi connectivity index (χ1) is 10.7. The molecule has 0 amide bonds. The first-order valence-electron chi connectivity index (χ1n) is 8.96. The molecule has 0 unspecified atom stereocenters. The Labute approximate surface area is 138 Å². The van der Waals surface area contributed by atoms with Crippen molar-refractivity contribution in [3.05, 3.63) is 22.5 Å². The Balaban J connectivity index is 1.81. The maximum atomic E-state index is 12.9. The Morgan fingerprint density at radius 3 is 1.61 bits per heavy atom. The van der Waals surface area contributed by atoms with Crippen molar-refractivity contribution in [2.45, 2.75) is 66.2 Å². The maximum Gasteiger partial charge on any atom is 0.161 e. The summed E-state index contributed by atoms with van der Waals surface area (Å²) in [6.07, 6.45) is 5.38. The van der Waals surface area contributed by atoms with E-state index < -0.39 is 0 Å². The van der Waals surface area contributed by atoms with Gasteiger partial charge in [0.05, 0.1) is 0 Å². The smallest absolute Gasteiger partial charge is 0.161 e. The van der Waals surface area contributed by atoms with Crippen LogP contribution in [0.4, 0.5) is 0 Å². The van der Waals surface area contributed by atoms with Gasteiger partial charge in [-0.05, 0) is 42.4 Å². The van der Waals surface area contributed by atoms with Crippen LogP contribution in [0.5, 0.6) is 0 Å². The summed E-state index contributed by atoms with van der Waals surface area (Å²) in [5.74, 6) is 1.14. The van der Waals surface area contributed by atoms with E-state index in [4.69, 9.17) is 0 Å². The summed E-state index contributed by atoms with van der Waals surface area (Å²) in [5, 5.41) is 3.56. The second-order valence-electron chi connectivity index (χ2n) is 9.61. The normalized spacial score (nSPS) is 30.1. The summed E-state index contributed by atoms with van der Waals surface area (Å²) in [5.41, 5.74) is 4.18. The van der Waals surface area contributed by atoms with Gasteiger partial charge in [0.25, 0.3) is 0 Å². The van der Waals surface area contributed by atoms with Gasteiger partial charge in [-0.3, -0.25) is 9.59 Å². The number of carbonyl (C=O) groups excluding carboxylic acids is 2. The molecule has 0 aromatic carbocycles. The molecule has 0 aromatic heterocycles. The Morgan fingerprint density at radius 1 is 0.783 bits per heavy atom. The van der Waals surface area contributed by atoms with Crippen LogP contribution in [0.25, 0.3) is 0 Å². The van der Waals surface area contributed by atoms with Crippen molar-refractivity contribution in [3.8, 4) is 0 Å². The minimum absolute atomic E-state index is 0.0171. The third kappa shape index (κ3) is 2.49. The van der Waals surface area contributed by atoms with Gasteiger partial charge < -0.3 is 5.32 Å². The van der Waals surface area contributed by atoms with Gasteiger partial charge in [-0.1, -0.05) is 27.7 Å². The zero-order valence-corrected chi connectivity index (χ0v) is 14.7. The largest absolute Gasteiger partial charge is 0.362 e. The van der Waals surface area contributed by atoms with Crippen molar-refractivity contribution in [1.82, 2.24) is 5.32 Å². The van der Waals surface area contributed by atoms with E-state index in [1.165, 1.54) is 0 Å². The van der Waals surface area contributed by atoms with Crippen LogP contribution in [0.1, 0.15) is 66.2 Å². The van der Waals surface area contributed by atoms with Gasteiger partial charge in [0, 0.05) is 41.3 Å². The van der Waals surface area contributed by atoms with Crippen LogP contribution >= 0.6 is 0 Å². The number of hydrogen-bond donors (Lipinski definition) is 1. The molecule has 0 aromatic rings. The van der Waals surface area contributed by atoms with Crippen LogP contribution in [0.15, 0.2) is 22.5 Å². The number of nitrogens with one attached hydrogen (secondary N) is 1. The molecule has 4 rings (SSSR count). The highest BCUT2D eigenvalue weighted by atomic mass is 16.1. The van der Waals surface area contributed by atoms with Crippen LogP contribution in [-0.4, -0.2) is 11.6 Å². The molecule has 1 aliphatic heterocycles. The third-order valence-corrected chi connectivity index (χ3v) is 5.86. The van der Waals surface area contributed by atoms with E-state index in [-0.39, 0.29) is 28.3 Å². The summed E-state index contributed by atoms with van der Waals surface area (Å²) >= 11 is 0. The average molecular weight is 313 g/mol. The number of carbonyl (C=O) groups is 2. The lowest BCUT2D eigenvalue weighted by atomic mass is 9.64. The predicted octanol–water partition coefficient (Wildman–Crippen LogP) is 3.90. The lowest BCUT2D eigenvalue weighted by Crippen LogP contribution is -2.43. The molecule has 0 radical (unpaired) electrons. The topological polar surface area (TPSA) is 46.2 Å². The molecule has 0 bridgehead atoms. The van der Waals surface area contributed by atoms with Gasteiger partial charge in [-0.25, -0.2) is 0 Å². The molecule has 4 aliphatic rings. The summed E-state index contributed by atoms with van der Waals surface area (Å²) < 4.78 is 0. The van der Waals surface area contributed by atoms with Crippen molar-refractivity contribution in [1.29, 1.82) is 0 Å². The molecule has 3 aliphatic carbocycles. The van der Waals surface area contributed by atoms with Crippen LogP contribution in [0.3, 0.4) is 0 Å². The SMILES string of the molecule is CC1(C)CC(=O)C2=C(C1)NC1=C(C(=O)CC(C)(C)C1)C2C1CC1. The first-order valence-corrected chi connectivity index (χ1v) is 8.96. The standard InChI is InChI=1S/C20H27NO2/c1-19(2)7-12-17(14(22)9-19)16(11-5-6-11)18-13(21-12)8-20(3,4)10-15(18)23/h11,16,21H,5-10H2,1-4H3. The molecule has 1 N–H and O–H groups in total. The number of hydrogen-bond acceptors (Lipinski definition) is 3. The zero-order valence-electron chi connectivity index (χ0n) is 14.7. The minimum atomic E-state index is 0.0171. The van der Waals surface area contributed by atoms with Gasteiger partial charge in [-0.2, -0.15) is 0 Å². The maximum absolute atomic E-state index is 12.9. The Morgan fingerprint density at radius 2 is 1.22 bits per heavy atom. The Bertz CT molecular complexity index is 622. The lowest BCUT2D eigenvalue weighted by Gasteiger charge is -2.44. The van der Waals surface area contributed by atoms with Gasteiger partial charge >= 0.3 is 0 Å². The highest BCUT2D eigenvalue weighted by Gasteiger charge is 2.50. The lowest BCUT2D eigenvalue weighted by molar-refractivity contribution is -0.119. The van der Waals surface area contributed by atoms with Gasteiger partial charge in [0.2, 0.25) is 0 Å². The molecule has 3 nitrogen and oxygen atoms in total. The van der Waals surface area contributed by atoms with Crippen LogP contribution in [-0.2, 0) is 9.59 Å². The highest BCUT2D eigenvalue weighted by Crippen LogP contribution is 2.54. The minimum Gasteiger partial charge on any atom is -0.362 e. The molecule has 1 fully saturated rings. The van der Waals surface area contributed by atoms with Gasteiger partial charge in [0.1, 0.15) is 0 Å². The van der Waals surface area contributed by atoms with E-state index in [1.54, 1.807) is 0 Å². The Kier molecular flexibility index (Phi) is 3.02. The third-order valence-electron chi connectivity index (χ3n) is 5.86. The second kappa shape index (κ2) is 4.58. The van der Waals surface area contributed by atoms with E-state index in [9.17, 15) is 9.59 Å². The zero-order chi connectivity index (χ0) is 16.6. The Hall–Kier alpha value is -1.38. The molecule has 0 atom stereocenters. The number of dihydropyridines is 1. The quantitative estimate of drug-likeness (QED) is 0.798. The highest BCUT2D eigenvalue weighted by molar-refractivity contribution is 6.05.